The largest absolute Gasteiger partial charge is 0.339 e. The van der Waals surface area contributed by atoms with Gasteiger partial charge in [-0.15, -0.1) is 0 Å². The van der Waals surface area contributed by atoms with Crippen molar-refractivity contribution in [3.8, 4) is 0 Å². The zero-order chi connectivity index (χ0) is 10.1. The number of carbonyl (C=O) groups excluding carboxylic acids is 1. The van der Waals surface area contributed by atoms with Gasteiger partial charge in [-0.1, -0.05) is 0 Å². The Morgan fingerprint density at radius 3 is 2.62 bits per heavy atom. The van der Waals surface area contributed by atoms with E-state index in [1.807, 2.05) is 4.90 Å². The Morgan fingerprint density at radius 2 is 2.08 bits per heavy atom. The van der Waals surface area contributed by atoms with Crippen LogP contribution in [0.2, 0.25) is 0 Å². The zero-order valence-electron chi connectivity index (χ0n) is 9.05. The van der Waals surface area contributed by atoms with Gasteiger partial charge in [0.15, 0.2) is 0 Å². The highest BCUT2D eigenvalue weighted by molar-refractivity contribution is 5.78. The van der Waals surface area contributed by atoms with E-state index in [1.54, 1.807) is 0 Å². The number of nitrogens with one attached hydrogen (secondary N) is 1. The SMILES string of the molecule is CC(C)N1CCNC(C)(C)CC1=O. The van der Waals surface area contributed by atoms with Gasteiger partial charge in [-0.25, -0.2) is 0 Å². The molecule has 13 heavy (non-hydrogen) atoms. The molecule has 0 aliphatic carbocycles. The van der Waals surface area contributed by atoms with Crippen molar-refractivity contribution in [3.05, 3.63) is 0 Å². The number of nitrogens with zero attached hydrogens (tertiary/aromatic N) is 1. The van der Waals surface area contributed by atoms with Gasteiger partial charge in [-0.3, -0.25) is 4.79 Å². The molecule has 1 rings (SSSR count). The molecule has 3 heteroatoms. The Bertz CT molecular complexity index is 199. The molecule has 0 aromatic heterocycles. The minimum atomic E-state index is -0.0409. The first-order valence-corrected chi connectivity index (χ1v) is 4.97. The quantitative estimate of drug-likeness (QED) is 0.659. The summed E-state index contributed by atoms with van der Waals surface area (Å²) in [4.78, 5) is 13.7. The molecule has 1 N–H and O–H groups in total. The summed E-state index contributed by atoms with van der Waals surface area (Å²) in [6, 6.07) is 0.322. The lowest BCUT2D eigenvalue weighted by Gasteiger charge is -2.25. The third-order valence-corrected chi connectivity index (χ3v) is 2.49. The molecule has 1 aliphatic rings. The summed E-state index contributed by atoms with van der Waals surface area (Å²) in [5.41, 5.74) is -0.0409. The summed E-state index contributed by atoms with van der Waals surface area (Å²) >= 11 is 0. The van der Waals surface area contributed by atoms with E-state index in [1.165, 1.54) is 0 Å². The van der Waals surface area contributed by atoms with Crippen molar-refractivity contribution in [2.45, 2.75) is 45.7 Å². The second kappa shape index (κ2) is 3.66. The van der Waals surface area contributed by atoms with E-state index in [2.05, 4.69) is 33.0 Å². The highest BCUT2D eigenvalue weighted by Crippen LogP contribution is 2.15. The van der Waals surface area contributed by atoms with Crippen LogP contribution in [0.4, 0.5) is 0 Å². The minimum absolute atomic E-state index is 0.0409. The van der Waals surface area contributed by atoms with Crippen molar-refractivity contribution in [1.29, 1.82) is 0 Å². The first kappa shape index (κ1) is 10.5. The van der Waals surface area contributed by atoms with Gasteiger partial charge in [0.2, 0.25) is 5.91 Å². The molecular weight excluding hydrogens is 164 g/mol. The van der Waals surface area contributed by atoms with Crippen LogP contribution in [0.15, 0.2) is 0 Å². The maximum Gasteiger partial charge on any atom is 0.224 e. The topological polar surface area (TPSA) is 32.3 Å². The molecule has 0 atom stereocenters. The van der Waals surface area contributed by atoms with Crippen molar-refractivity contribution in [3.63, 3.8) is 0 Å². The average molecular weight is 184 g/mol. The molecule has 3 nitrogen and oxygen atoms in total. The number of hydrogen-bond donors (Lipinski definition) is 1. The van der Waals surface area contributed by atoms with Gasteiger partial charge in [0, 0.05) is 31.1 Å². The van der Waals surface area contributed by atoms with Gasteiger partial charge in [0.1, 0.15) is 0 Å². The first-order valence-electron chi connectivity index (χ1n) is 4.97. The molecule has 0 aromatic rings. The number of amides is 1. The summed E-state index contributed by atoms with van der Waals surface area (Å²) in [7, 11) is 0. The van der Waals surface area contributed by atoms with E-state index in [4.69, 9.17) is 0 Å². The lowest BCUT2D eigenvalue weighted by molar-refractivity contribution is -0.132. The molecular formula is C10H20N2O. The molecule has 1 saturated heterocycles. The third-order valence-electron chi connectivity index (χ3n) is 2.49. The van der Waals surface area contributed by atoms with E-state index >= 15 is 0 Å². The Morgan fingerprint density at radius 1 is 1.46 bits per heavy atom. The normalized spacial score (nSPS) is 23.5. The summed E-state index contributed by atoms with van der Waals surface area (Å²) in [6.07, 6.45) is 0.602. The van der Waals surface area contributed by atoms with Crippen LogP contribution in [0.5, 0.6) is 0 Å². The predicted octanol–water partition coefficient (Wildman–Crippen LogP) is 0.995. The van der Waals surface area contributed by atoms with Crippen molar-refractivity contribution in [1.82, 2.24) is 10.2 Å². The maximum absolute atomic E-state index is 11.8. The number of hydrogen-bond acceptors (Lipinski definition) is 2. The van der Waals surface area contributed by atoms with Crippen LogP contribution in [0.3, 0.4) is 0 Å². The molecule has 0 spiro atoms. The fourth-order valence-electron chi connectivity index (χ4n) is 1.73. The van der Waals surface area contributed by atoms with Crippen LogP contribution < -0.4 is 5.32 Å². The van der Waals surface area contributed by atoms with E-state index in [-0.39, 0.29) is 11.4 Å². The summed E-state index contributed by atoms with van der Waals surface area (Å²) < 4.78 is 0. The van der Waals surface area contributed by atoms with Gasteiger partial charge in [-0.2, -0.15) is 0 Å². The molecule has 0 aromatic carbocycles. The van der Waals surface area contributed by atoms with Crippen LogP contribution >= 0.6 is 0 Å². The van der Waals surface area contributed by atoms with Gasteiger partial charge in [0.25, 0.3) is 0 Å². The van der Waals surface area contributed by atoms with Crippen molar-refractivity contribution in [2.24, 2.45) is 0 Å². The van der Waals surface area contributed by atoms with Crippen molar-refractivity contribution < 1.29 is 4.79 Å². The highest BCUT2D eigenvalue weighted by Gasteiger charge is 2.29. The Balaban J connectivity index is 2.68. The Kier molecular flexibility index (Phi) is 2.96. The third kappa shape index (κ3) is 2.69. The van der Waals surface area contributed by atoms with Crippen LogP contribution in [-0.2, 0) is 4.79 Å². The molecule has 0 radical (unpaired) electrons. The second-order valence-corrected chi connectivity index (χ2v) is 4.67. The van der Waals surface area contributed by atoms with E-state index < -0.39 is 0 Å². The Labute approximate surface area is 80.5 Å². The number of carbonyl (C=O) groups is 1. The fraction of sp³-hybridized carbons (Fsp3) is 0.900. The molecule has 1 aliphatic heterocycles. The van der Waals surface area contributed by atoms with E-state index in [9.17, 15) is 4.79 Å². The second-order valence-electron chi connectivity index (χ2n) is 4.67. The number of rotatable bonds is 1. The molecule has 1 amide bonds. The van der Waals surface area contributed by atoms with Crippen molar-refractivity contribution >= 4 is 5.91 Å². The smallest absolute Gasteiger partial charge is 0.224 e. The van der Waals surface area contributed by atoms with E-state index in [0.29, 0.717) is 12.5 Å². The van der Waals surface area contributed by atoms with Gasteiger partial charge in [0.05, 0.1) is 0 Å². The predicted molar refractivity (Wildman–Crippen MR) is 53.5 cm³/mol. The van der Waals surface area contributed by atoms with Gasteiger partial charge >= 0.3 is 0 Å². The maximum atomic E-state index is 11.8. The summed E-state index contributed by atoms with van der Waals surface area (Å²) in [5.74, 6) is 0.269. The van der Waals surface area contributed by atoms with Crippen LogP contribution in [0.25, 0.3) is 0 Å². The lowest BCUT2D eigenvalue weighted by atomic mass is 10.0. The van der Waals surface area contributed by atoms with Crippen LogP contribution in [0.1, 0.15) is 34.1 Å². The molecule has 0 bridgehead atoms. The Hall–Kier alpha value is -0.570. The first-order chi connectivity index (χ1) is 5.92. The van der Waals surface area contributed by atoms with Crippen molar-refractivity contribution in [2.75, 3.05) is 13.1 Å². The van der Waals surface area contributed by atoms with Gasteiger partial charge < -0.3 is 10.2 Å². The molecule has 1 heterocycles. The van der Waals surface area contributed by atoms with Crippen LogP contribution in [0, 0.1) is 0 Å². The van der Waals surface area contributed by atoms with Gasteiger partial charge in [-0.05, 0) is 27.7 Å². The lowest BCUT2D eigenvalue weighted by Crippen LogP contribution is -2.40. The summed E-state index contributed by atoms with van der Waals surface area (Å²) in [6.45, 7) is 10.0. The standard InChI is InChI=1S/C10H20N2O/c1-8(2)12-6-5-11-10(3,4)7-9(12)13/h8,11H,5-7H2,1-4H3. The molecule has 1 fully saturated rings. The highest BCUT2D eigenvalue weighted by atomic mass is 16.2. The molecule has 76 valence electrons. The molecule has 0 saturated carbocycles. The van der Waals surface area contributed by atoms with Crippen LogP contribution in [-0.4, -0.2) is 35.5 Å². The fourth-order valence-corrected chi connectivity index (χ4v) is 1.73. The monoisotopic (exact) mass is 184 g/mol. The minimum Gasteiger partial charge on any atom is -0.339 e. The van der Waals surface area contributed by atoms with E-state index in [0.717, 1.165) is 13.1 Å². The average Bonchev–Trinajstić information content (AvgIpc) is 2.06. The zero-order valence-corrected chi connectivity index (χ0v) is 9.05. The summed E-state index contributed by atoms with van der Waals surface area (Å²) in [5, 5.41) is 3.37. The molecule has 0 unspecified atom stereocenters.